The van der Waals surface area contributed by atoms with Gasteiger partial charge in [-0.2, -0.15) is 0 Å². The summed E-state index contributed by atoms with van der Waals surface area (Å²) in [4.78, 5) is 0. The van der Waals surface area contributed by atoms with E-state index in [1.54, 1.807) is 0 Å². The van der Waals surface area contributed by atoms with Crippen molar-refractivity contribution in [2.24, 2.45) is 0 Å². The number of hydrogen-bond donors (Lipinski definition) is 0. The van der Waals surface area contributed by atoms with Crippen LogP contribution in [0.15, 0.2) is 66.2 Å². The predicted octanol–water partition coefficient (Wildman–Crippen LogP) is 5.46. The molecule has 0 radical (unpaired) electrons. The molecule has 0 N–H and O–H groups in total. The van der Waals surface area contributed by atoms with Crippen molar-refractivity contribution in [3.05, 3.63) is 82.4 Å². The molecule has 0 fully saturated rings. The van der Waals surface area contributed by atoms with E-state index in [4.69, 9.17) is 11.6 Å². The zero-order valence-corrected chi connectivity index (χ0v) is 11.1. The highest BCUT2D eigenvalue weighted by molar-refractivity contribution is 6.30. The zero-order valence-electron chi connectivity index (χ0n) is 10.3. The van der Waals surface area contributed by atoms with Crippen LogP contribution >= 0.6 is 11.6 Å². The minimum atomic E-state index is 0.768. The summed E-state index contributed by atoms with van der Waals surface area (Å²) >= 11 is 5.85. The summed E-state index contributed by atoms with van der Waals surface area (Å²) in [5.41, 5.74) is 3.58. The van der Waals surface area contributed by atoms with Crippen LogP contribution in [-0.2, 0) is 0 Å². The first-order valence-corrected chi connectivity index (χ1v) is 6.29. The Balaban J connectivity index is 2.10. The minimum Gasteiger partial charge on any atom is -0.0843 e. The third kappa shape index (κ3) is 3.90. The van der Waals surface area contributed by atoms with Crippen LogP contribution in [0.4, 0.5) is 0 Å². The third-order valence-corrected chi connectivity index (χ3v) is 2.85. The summed E-state index contributed by atoms with van der Waals surface area (Å²) in [6.07, 6.45) is 6.36. The average Bonchev–Trinajstić information content (AvgIpc) is 2.40. The van der Waals surface area contributed by atoms with Crippen molar-refractivity contribution in [3.63, 3.8) is 0 Å². The number of allylic oxidation sites excluding steroid dienone is 2. The molecule has 0 nitrogen and oxygen atoms in total. The molecule has 0 bridgehead atoms. The Morgan fingerprint density at radius 1 is 0.889 bits per heavy atom. The zero-order chi connectivity index (χ0) is 12.8. The van der Waals surface area contributed by atoms with E-state index in [2.05, 4.69) is 37.3 Å². The SMILES string of the molecule is C/C(C=Cc1ccccc1)=C\c1ccc(Cl)cc1. The Bertz CT molecular complexity index is 548. The fraction of sp³-hybridized carbons (Fsp3) is 0.0588. The lowest BCUT2D eigenvalue weighted by Gasteiger charge is -1.96. The Kier molecular flexibility index (Phi) is 4.38. The van der Waals surface area contributed by atoms with Crippen molar-refractivity contribution in [1.29, 1.82) is 0 Å². The molecular formula is C17H15Cl. The van der Waals surface area contributed by atoms with E-state index >= 15 is 0 Å². The van der Waals surface area contributed by atoms with E-state index in [9.17, 15) is 0 Å². The summed E-state index contributed by atoms with van der Waals surface area (Å²) in [6, 6.07) is 18.1. The molecule has 0 saturated heterocycles. The molecule has 0 aliphatic rings. The van der Waals surface area contributed by atoms with Crippen LogP contribution in [-0.4, -0.2) is 0 Å². The Morgan fingerprint density at radius 3 is 2.22 bits per heavy atom. The highest BCUT2D eigenvalue weighted by atomic mass is 35.5. The van der Waals surface area contributed by atoms with Gasteiger partial charge in [0.1, 0.15) is 0 Å². The predicted molar refractivity (Wildman–Crippen MR) is 80.6 cm³/mol. The quantitative estimate of drug-likeness (QED) is 0.639. The first-order valence-electron chi connectivity index (χ1n) is 5.91. The Morgan fingerprint density at radius 2 is 1.56 bits per heavy atom. The maximum Gasteiger partial charge on any atom is 0.0406 e. The number of rotatable bonds is 3. The number of halogens is 1. The van der Waals surface area contributed by atoms with Gasteiger partial charge in [-0.3, -0.25) is 0 Å². The third-order valence-electron chi connectivity index (χ3n) is 2.60. The normalized spacial score (nSPS) is 12.0. The molecule has 2 aromatic carbocycles. The van der Waals surface area contributed by atoms with Crippen LogP contribution in [0.2, 0.25) is 5.02 Å². The van der Waals surface area contributed by atoms with Crippen LogP contribution in [0.5, 0.6) is 0 Å². The Labute approximate surface area is 113 Å². The molecule has 18 heavy (non-hydrogen) atoms. The molecule has 2 aromatic rings. The van der Waals surface area contributed by atoms with Gasteiger partial charge in [0.25, 0.3) is 0 Å². The van der Waals surface area contributed by atoms with E-state index in [1.807, 2.05) is 42.5 Å². The molecule has 2 rings (SSSR count). The number of benzene rings is 2. The van der Waals surface area contributed by atoms with Gasteiger partial charge < -0.3 is 0 Å². The highest BCUT2D eigenvalue weighted by Crippen LogP contribution is 2.13. The van der Waals surface area contributed by atoms with Crippen molar-refractivity contribution in [3.8, 4) is 0 Å². The first kappa shape index (κ1) is 12.7. The lowest BCUT2D eigenvalue weighted by molar-refractivity contribution is 1.54. The molecule has 1 heteroatoms. The van der Waals surface area contributed by atoms with E-state index < -0.39 is 0 Å². The Hall–Kier alpha value is -1.79. The van der Waals surface area contributed by atoms with E-state index in [0.717, 1.165) is 10.6 Å². The number of hydrogen-bond acceptors (Lipinski definition) is 0. The standard InChI is InChI=1S/C17H15Cl/c1-14(7-8-15-5-3-2-4-6-15)13-16-9-11-17(18)12-10-16/h2-13H,1H3/b8-7?,14-13+. The van der Waals surface area contributed by atoms with E-state index in [0.29, 0.717) is 0 Å². The van der Waals surface area contributed by atoms with Gasteiger partial charge in [-0.25, -0.2) is 0 Å². The van der Waals surface area contributed by atoms with Crippen LogP contribution in [0.3, 0.4) is 0 Å². The molecule has 0 aliphatic carbocycles. The van der Waals surface area contributed by atoms with Crippen LogP contribution in [0.25, 0.3) is 12.2 Å². The molecule has 0 atom stereocenters. The van der Waals surface area contributed by atoms with Crippen molar-refractivity contribution in [1.82, 2.24) is 0 Å². The van der Waals surface area contributed by atoms with Gasteiger partial charge in [0.2, 0.25) is 0 Å². The van der Waals surface area contributed by atoms with Crippen LogP contribution in [0, 0.1) is 0 Å². The topological polar surface area (TPSA) is 0 Å². The van der Waals surface area contributed by atoms with Crippen LogP contribution < -0.4 is 0 Å². The van der Waals surface area contributed by atoms with E-state index in [1.165, 1.54) is 11.1 Å². The second-order valence-electron chi connectivity index (χ2n) is 4.18. The maximum atomic E-state index is 5.85. The van der Waals surface area contributed by atoms with Gasteiger partial charge in [0.05, 0.1) is 0 Å². The van der Waals surface area contributed by atoms with Gasteiger partial charge in [0.15, 0.2) is 0 Å². The summed E-state index contributed by atoms with van der Waals surface area (Å²) in [5, 5.41) is 0.768. The van der Waals surface area contributed by atoms with Gasteiger partial charge >= 0.3 is 0 Å². The molecule has 0 heterocycles. The first-order chi connectivity index (χ1) is 8.74. The maximum absolute atomic E-state index is 5.85. The molecule has 0 unspecified atom stereocenters. The fourth-order valence-corrected chi connectivity index (χ4v) is 1.79. The smallest absolute Gasteiger partial charge is 0.0406 e. The van der Waals surface area contributed by atoms with Crippen molar-refractivity contribution in [2.75, 3.05) is 0 Å². The second-order valence-corrected chi connectivity index (χ2v) is 4.62. The summed E-state index contributed by atoms with van der Waals surface area (Å²) in [5.74, 6) is 0. The van der Waals surface area contributed by atoms with Crippen molar-refractivity contribution in [2.45, 2.75) is 6.92 Å². The molecule has 0 amide bonds. The van der Waals surface area contributed by atoms with Crippen LogP contribution in [0.1, 0.15) is 18.1 Å². The summed E-state index contributed by atoms with van der Waals surface area (Å²) < 4.78 is 0. The highest BCUT2D eigenvalue weighted by Gasteiger charge is 1.90. The lowest BCUT2D eigenvalue weighted by atomic mass is 10.1. The molecular weight excluding hydrogens is 240 g/mol. The average molecular weight is 255 g/mol. The molecule has 0 aromatic heterocycles. The van der Waals surface area contributed by atoms with Crippen molar-refractivity contribution >= 4 is 23.8 Å². The molecule has 0 aliphatic heterocycles. The summed E-state index contributed by atoms with van der Waals surface area (Å²) in [6.45, 7) is 2.09. The second kappa shape index (κ2) is 6.23. The molecule has 0 spiro atoms. The lowest BCUT2D eigenvalue weighted by Crippen LogP contribution is -1.74. The van der Waals surface area contributed by atoms with Gasteiger partial charge in [-0.05, 0) is 30.2 Å². The summed E-state index contributed by atoms with van der Waals surface area (Å²) in [7, 11) is 0. The van der Waals surface area contributed by atoms with E-state index in [-0.39, 0.29) is 0 Å². The van der Waals surface area contributed by atoms with Crippen molar-refractivity contribution < 1.29 is 0 Å². The minimum absolute atomic E-state index is 0.768. The van der Waals surface area contributed by atoms with Gasteiger partial charge in [-0.15, -0.1) is 0 Å². The van der Waals surface area contributed by atoms with Gasteiger partial charge in [0, 0.05) is 5.02 Å². The largest absolute Gasteiger partial charge is 0.0843 e. The molecule has 0 saturated carbocycles. The van der Waals surface area contributed by atoms with Gasteiger partial charge in [-0.1, -0.05) is 77.9 Å². The molecule has 90 valence electrons. The monoisotopic (exact) mass is 254 g/mol. The fourth-order valence-electron chi connectivity index (χ4n) is 1.66.